The fraction of sp³-hybridized carbons (Fsp3) is 0.500. The van der Waals surface area contributed by atoms with Crippen LogP contribution in [0.2, 0.25) is 0 Å². The first-order valence-electron chi connectivity index (χ1n) is 1.57. The van der Waals surface area contributed by atoms with Gasteiger partial charge < -0.3 is 0 Å². The summed E-state index contributed by atoms with van der Waals surface area (Å²) in [5, 5.41) is 7.32. The van der Waals surface area contributed by atoms with Gasteiger partial charge in [-0.1, -0.05) is 0 Å². The maximum absolute atomic E-state index is 9.91. The summed E-state index contributed by atoms with van der Waals surface area (Å²) < 4.78 is 49.6. The third-order valence-electron chi connectivity index (χ3n) is 0. The summed E-state index contributed by atoms with van der Waals surface area (Å²) in [6, 6.07) is 1.75. The van der Waals surface area contributed by atoms with Crippen molar-refractivity contribution in [1.82, 2.24) is 0 Å². The number of hydrogen-bond donors (Lipinski definition) is 0. The van der Waals surface area contributed by atoms with Crippen LogP contribution in [0.15, 0.2) is 0 Å². The third-order valence-corrected chi connectivity index (χ3v) is 0. The SMILES string of the molecule is CC#N.[F][Nb]([F])([F])([F])[F]. The van der Waals surface area contributed by atoms with E-state index in [2.05, 4.69) is 0 Å². The summed E-state index contributed by atoms with van der Waals surface area (Å²) in [5.41, 5.74) is 0. The summed E-state index contributed by atoms with van der Waals surface area (Å²) in [6.07, 6.45) is 0. The van der Waals surface area contributed by atoms with Crippen LogP contribution in [-0.2, 0) is 18.5 Å². The second-order valence-corrected chi connectivity index (χ2v) is 4.00. The van der Waals surface area contributed by atoms with Crippen LogP contribution in [0, 0.1) is 11.3 Å². The maximum atomic E-state index is 9.91. The second kappa shape index (κ2) is 3.15. The number of halogens is 5. The van der Waals surface area contributed by atoms with Crippen molar-refractivity contribution in [3.63, 3.8) is 0 Å². The van der Waals surface area contributed by atoms with Crippen molar-refractivity contribution in [3.8, 4) is 6.07 Å². The molecule has 0 rings (SSSR count). The van der Waals surface area contributed by atoms with Gasteiger partial charge in [-0.2, -0.15) is 5.26 Å². The zero-order valence-corrected chi connectivity index (χ0v) is 6.48. The molecule has 9 heavy (non-hydrogen) atoms. The predicted octanol–water partition coefficient (Wildman–Crippen LogP) is 2.63. The first-order chi connectivity index (χ1) is 3.65. The molecule has 0 aliphatic carbocycles. The Morgan fingerprint density at radius 2 is 1.11 bits per heavy atom. The van der Waals surface area contributed by atoms with Crippen molar-refractivity contribution in [2.24, 2.45) is 0 Å². The molecule has 0 radical (unpaired) electrons. The minimum atomic E-state index is -9.19. The minimum absolute atomic E-state index is 1.43. The average molecular weight is 229 g/mol. The molecule has 1 nitrogen and oxygen atoms in total. The molecule has 0 aliphatic rings. The Morgan fingerprint density at radius 3 is 1.11 bits per heavy atom. The van der Waals surface area contributed by atoms with E-state index in [-0.39, 0.29) is 0 Å². The van der Waals surface area contributed by atoms with Gasteiger partial charge in [0.15, 0.2) is 0 Å². The third kappa shape index (κ3) is 19000. The molecule has 0 N–H and O–H groups in total. The van der Waals surface area contributed by atoms with Gasteiger partial charge in [-0.05, 0) is 0 Å². The van der Waals surface area contributed by atoms with E-state index in [1.165, 1.54) is 6.92 Å². The van der Waals surface area contributed by atoms with E-state index in [4.69, 9.17) is 5.26 Å². The summed E-state index contributed by atoms with van der Waals surface area (Å²) in [5.74, 6) is 0. The topological polar surface area (TPSA) is 23.8 Å². The summed E-state index contributed by atoms with van der Waals surface area (Å²) in [7, 11) is 0. The molecule has 0 amide bonds. The first-order valence-corrected chi connectivity index (χ1v) is 5.72. The van der Waals surface area contributed by atoms with Crippen molar-refractivity contribution < 1.29 is 33.7 Å². The molecular weight excluding hydrogens is 226 g/mol. The Labute approximate surface area is 52.5 Å². The quantitative estimate of drug-likeness (QED) is 0.462. The number of nitriles is 1. The van der Waals surface area contributed by atoms with Crippen LogP contribution in [0.5, 0.6) is 0 Å². The van der Waals surface area contributed by atoms with Crippen LogP contribution >= 0.6 is 0 Å². The molecule has 7 heteroatoms. The first kappa shape index (κ1) is 11.6. The van der Waals surface area contributed by atoms with Gasteiger partial charge >= 0.3 is 33.7 Å². The Balaban J connectivity index is 0. The molecule has 0 spiro atoms. The van der Waals surface area contributed by atoms with Crippen LogP contribution in [0.4, 0.5) is 15.1 Å². The fourth-order valence-corrected chi connectivity index (χ4v) is 0. The standard InChI is InChI=1S/C2H3N.5FH.Nb/c1-2-3;;;;;;/h1H3;5*1H;/q;;;;;;+5/p-5. The molecule has 0 atom stereocenters. The number of hydrogen-bond acceptors (Lipinski definition) is 1. The Bertz CT molecular complexity index is 100. The number of nitrogens with zero attached hydrogens (tertiary/aromatic N) is 1. The van der Waals surface area contributed by atoms with Gasteiger partial charge in [-0.15, -0.1) is 0 Å². The molecule has 0 heterocycles. The Kier molecular flexibility index (Phi) is 4.08. The van der Waals surface area contributed by atoms with E-state index < -0.39 is 18.5 Å². The second-order valence-electron chi connectivity index (χ2n) is 0.862. The van der Waals surface area contributed by atoms with Crippen LogP contribution in [0.3, 0.4) is 0 Å². The molecule has 0 aromatic heterocycles. The van der Waals surface area contributed by atoms with E-state index in [0.717, 1.165) is 0 Å². The van der Waals surface area contributed by atoms with Gasteiger partial charge in [-0.3, -0.25) is 0 Å². The van der Waals surface area contributed by atoms with Crippen molar-refractivity contribution in [2.75, 3.05) is 0 Å². The molecule has 0 saturated carbocycles. The molecule has 0 fully saturated rings. The van der Waals surface area contributed by atoms with Gasteiger partial charge in [0.1, 0.15) is 0 Å². The monoisotopic (exact) mass is 229 g/mol. The van der Waals surface area contributed by atoms with E-state index in [9.17, 15) is 15.1 Å². The van der Waals surface area contributed by atoms with Crippen LogP contribution in [0.25, 0.3) is 0 Å². The fourth-order valence-electron chi connectivity index (χ4n) is 0. The Hall–Kier alpha value is -0.120. The zero-order valence-electron chi connectivity index (χ0n) is 4.28. The van der Waals surface area contributed by atoms with Crippen molar-refractivity contribution >= 4 is 0 Å². The molecule has 0 bridgehead atoms. The van der Waals surface area contributed by atoms with Gasteiger partial charge in [0.25, 0.3) is 0 Å². The van der Waals surface area contributed by atoms with Crippen molar-refractivity contribution in [3.05, 3.63) is 0 Å². The molecule has 56 valence electrons. The molecule has 0 aromatic rings. The molecule has 0 aromatic carbocycles. The van der Waals surface area contributed by atoms with E-state index in [0.29, 0.717) is 0 Å². The van der Waals surface area contributed by atoms with Gasteiger partial charge in [0, 0.05) is 6.92 Å². The van der Waals surface area contributed by atoms with Crippen LogP contribution in [0.1, 0.15) is 6.92 Å². The summed E-state index contributed by atoms with van der Waals surface area (Å²) >= 11 is -9.19. The molecular formula is C2H3F5NNb. The number of rotatable bonds is 0. The van der Waals surface area contributed by atoms with Crippen LogP contribution < -0.4 is 0 Å². The van der Waals surface area contributed by atoms with Gasteiger partial charge in [0.2, 0.25) is 0 Å². The van der Waals surface area contributed by atoms with Crippen molar-refractivity contribution in [2.45, 2.75) is 6.92 Å². The van der Waals surface area contributed by atoms with E-state index in [1.54, 1.807) is 6.07 Å². The van der Waals surface area contributed by atoms with Gasteiger partial charge in [0.05, 0.1) is 6.07 Å². The summed E-state index contributed by atoms with van der Waals surface area (Å²) in [4.78, 5) is 0. The summed E-state index contributed by atoms with van der Waals surface area (Å²) in [6.45, 7) is 1.43. The molecule has 0 aliphatic heterocycles. The van der Waals surface area contributed by atoms with Crippen LogP contribution in [-0.4, -0.2) is 0 Å². The average Bonchev–Trinajstić information content (AvgIpc) is 1.23. The normalized spacial score (nSPS) is 13.7. The van der Waals surface area contributed by atoms with Gasteiger partial charge in [-0.25, -0.2) is 0 Å². The molecule has 0 unspecified atom stereocenters. The predicted molar refractivity (Wildman–Crippen MR) is 16.8 cm³/mol. The molecule has 0 saturated heterocycles. The van der Waals surface area contributed by atoms with E-state index >= 15 is 0 Å². The Morgan fingerprint density at radius 1 is 1.11 bits per heavy atom. The van der Waals surface area contributed by atoms with E-state index in [1.807, 2.05) is 0 Å². The zero-order chi connectivity index (χ0) is 8.15. The van der Waals surface area contributed by atoms with Crippen molar-refractivity contribution in [1.29, 1.82) is 5.26 Å².